The first-order chi connectivity index (χ1) is 13.8. The van der Waals surface area contributed by atoms with E-state index < -0.39 is 0 Å². The topological polar surface area (TPSA) is 53.5 Å². The lowest BCUT2D eigenvalue weighted by Gasteiger charge is -2.56. The molecule has 7 heteroatoms. The minimum atomic E-state index is -0.309. The molecule has 3 heterocycles. The zero-order valence-electron chi connectivity index (χ0n) is 17.1. The molecule has 5 nitrogen and oxygen atoms in total. The van der Waals surface area contributed by atoms with Crippen LogP contribution in [0.5, 0.6) is 0 Å². The van der Waals surface area contributed by atoms with Gasteiger partial charge in [-0.2, -0.15) is 0 Å². The van der Waals surface area contributed by atoms with E-state index >= 15 is 0 Å². The number of amides is 2. The Balaban J connectivity index is 1.64. The number of thiazole rings is 1. The Bertz CT molecular complexity index is 942. The highest BCUT2D eigenvalue weighted by Gasteiger charge is 2.49. The number of likely N-dealkylation sites (tertiary alicyclic amines) is 2. The van der Waals surface area contributed by atoms with Crippen molar-refractivity contribution >= 4 is 23.2 Å². The summed E-state index contributed by atoms with van der Waals surface area (Å²) in [7, 11) is 0. The predicted octanol–water partition coefficient (Wildman–Crippen LogP) is 4.26. The van der Waals surface area contributed by atoms with E-state index in [4.69, 9.17) is 0 Å². The summed E-state index contributed by atoms with van der Waals surface area (Å²) in [5, 5.41) is 0.722. The highest BCUT2D eigenvalue weighted by atomic mass is 32.1. The van der Waals surface area contributed by atoms with Crippen LogP contribution in [-0.2, 0) is 4.79 Å². The summed E-state index contributed by atoms with van der Waals surface area (Å²) in [6, 6.07) is 6.21. The van der Waals surface area contributed by atoms with Gasteiger partial charge in [-0.1, -0.05) is 0 Å². The molecule has 0 saturated carbocycles. The van der Waals surface area contributed by atoms with Crippen molar-refractivity contribution in [2.45, 2.75) is 58.0 Å². The molecular formula is C22H26FN3O2S. The molecular weight excluding hydrogens is 389 g/mol. The zero-order valence-corrected chi connectivity index (χ0v) is 17.9. The van der Waals surface area contributed by atoms with Crippen molar-refractivity contribution in [2.24, 2.45) is 0 Å². The molecule has 0 spiro atoms. The van der Waals surface area contributed by atoms with Crippen LogP contribution >= 0.6 is 11.3 Å². The van der Waals surface area contributed by atoms with Crippen molar-refractivity contribution < 1.29 is 14.0 Å². The second-order valence-electron chi connectivity index (χ2n) is 8.23. The highest BCUT2D eigenvalue weighted by molar-refractivity contribution is 7.17. The van der Waals surface area contributed by atoms with Gasteiger partial charge in [0.05, 0.1) is 17.3 Å². The van der Waals surface area contributed by atoms with E-state index in [1.807, 2.05) is 16.7 Å². The molecule has 0 unspecified atom stereocenters. The Morgan fingerprint density at radius 3 is 2.62 bits per heavy atom. The molecule has 0 radical (unpaired) electrons. The quantitative estimate of drug-likeness (QED) is 0.736. The number of aromatic nitrogens is 1. The third kappa shape index (κ3) is 3.45. The Morgan fingerprint density at radius 2 is 1.93 bits per heavy atom. The third-order valence-corrected chi connectivity index (χ3v) is 7.57. The average Bonchev–Trinajstić information content (AvgIpc) is 3.08. The maximum Gasteiger partial charge on any atom is 0.266 e. The van der Waals surface area contributed by atoms with Gasteiger partial charge in [0, 0.05) is 25.6 Å². The second kappa shape index (κ2) is 7.52. The number of fused-ring (bicyclic) bond motifs is 1. The number of piperidine rings is 2. The van der Waals surface area contributed by atoms with Crippen LogP contribution in [0.1, 0.15) is 54.9 Å². The van der Waals surface area contributed by atoms with Gasteiger partial charge in [0.25, 0.3) is 5.91 Å². The van der Waals surface area contributed by atoms with Crippen molar-refractivity contribution in [3.8, 4) is 10.6 Å². The summed E-state index contributed by atoms with van der Waals surface area (Å²) in [6.45, 7) is 7.06. The van der Waals surface area contributed by atoms with Crippen LogP contribution < -0.4 is 0 Å². The average molecular weight is 416 g/mol. The van der Waals surface area contributed by atoms with Gasteiger partial charge in [-0.25, -0.2) is 9.37 Å². The molecule has 29 heavy (non-hydrogen) atoms. The van der Waals surface area contributed by atoms with Gasteiger partial charge in [0.2, 0.25) is 5.91 Å². The van der Waals surface area contributed by atoms with Crippen LogP contribution in [0.3, 0.4) is 0 Å². The normalized spacial score (nSPS) is 24.3. The lowest BCUT2D eigenvalue weighted by atomic mass is 9.76. The third-order valence-electron chi connectivity index (χ3n) is 6.37. The molecule has 0 bridgehead atoms. The van der Waals surface area contributed by atoms with Crippen molar-refractivity contribution in [3.05, 3.63) is 40.7 Å². The fourth-order valence-electron chi connectivity index (χ4n) is 4.95. The maximum atomic E-state index is 13.5. The van der Waals surface area contributed by atoms with Crippen molar-refractivity contribution in [3.63, 3.8) is 0 Å². The maximum absolute atomic E-state index is 13.5. The number of carbonyl (C=O) groups excluding carboxylic acids is 2. The lowest BCUT2D eigenvalue weighted by molar-refractivity contribution is -0.143. The van der Waals surface area contributed by atoms with E-state index in [0.717, 1.165) is 42.8 Å². The smallest absolute Gasteiger partial charge is 0.266 e. The molecule has 0 N–H and O–H groups in total. The predicted molar refractivity (Wildman–Crippen MR) is 111 cm³/mol. The van der Waals surface area contributed by atoms with E-state index in [1.165, 1.54) is 23.5 Å². The molecule has 2 amide bonds. The second-order valence-corrected chi connectivity index (χ2v) is 9.23. The van der Waals surface area contributed by atoms with E-state index in [2.05, 4.69) is 11.9 Å². The van der Waals surface area contributed by atoms with Gasteiger partial charge in [-0.05, 0) is 63.8 Å². The van der Waals surface area contributed by atoms with Crippen molar-refractivity contribution in [2.75, 3.05) is 13.1 Å². The number of nitrogens with zero attached hydrogens (tertiary/aromatic N) is 3. The molecule has 1 aromatic heterocycles. The van der Waals surface area contributed by atoms with Crippen LogP contribution in [0.25, 0.3) is 10.6 Å². The first-order valence-electron chi connectivity index (χ1n) is 10.1. The molecule has 1 aromatic carbocycles. The summed E-state index contributed by atoms with van der Waals surface area (Å²) >= 11 is 1.36. The van der Waals surface area contributed by atoms with Crippen LogP contribution in [-0.4, -0.2) is 51.3 Å². The summed E-state index contributed by atoms with van der Waals surface area (Å²) in [5.41, 5.74) is 1.20. The molecule has 2 aliphatic rings. The highest BCUT2D eigenvalue weighted by Crippen LogP contribution is 2.40. The van der Waals surface area contributed by atoms with Crippen LogP contribution in [0.2, 0.25) is 0 Å². The summed E-state index contributed by atoms with van der Waals surface area (Å²) < 4.78 is 13.2. The minimum Gasteiger partial charge on any atom is -0.335 e. The van der Waals surface area contributed by atoms with Gasteiger partial charge in [-0.15, -0.1) is 11.3 Å². The van der Waals surface area contributed by atoms with Crippen molar-refractivity contribution in [1.82, 2.24) is 14.8 Å². The number of hydrogen-bond donors (Lipinski definition) is 0. The van der Waals surface area contributed by atoms with Crippen LogP contribution in [0.15, 0.2) is 24.3 Å². The monoisotopic (exact) mass is 415 g/mol. The minimum absolute atomic E-state index is 0.00492. The molecule has 154 valence electrons. The van der Waals surface area contributed by atoms with Crippen LogP contribution in [0.4, 0.5) is 4.39 Å². The molecule has 2 aliphatic heterocycles. The fourth-order valence-corrected chi connectivity index (χ4v) is 5.97. The summed E-state index contributed by atoms with van der Waals surface area (Å²) in [6.07, 6.45) is 3.62. The van der Waals surface area contributed by atoms with Gasteiger partial charge in [-0.3, -0.25) is 9.59 Å². The van der Waals surface area contributed by atoms with Gasteiger partial charge in [0.15, 0.2) is 0 Å². The van der Waals surface area contributed by atoms with Crippen LogP contribution in [0, 0.1) is 12.7 Å². The van der Waals surface area contributed by atoms with E-state index in [9.17, 15) is 14.0 Å². The standard InChI is InChI=1S/C22H26FN3O2S/c1-14-19(29-20(24-14)16-7-9-17(23)10-8-16)21(28)25-12-5-11-22(3)18(25)6-4-13-26(22)15(2)27/h7-10,18H,4-6,11-13H2,1-3H3/t18-,22+/m1/s1. The Kier molecular flexibility index (Phi) is 5.19. The molecule has 2 aromatic rings. The molecule has 4 rings (SSSR count). The number of hydrogen-bond acceptors (Lipinski definition) is 4. The molecule has 2 atom stereocenters. The lowest BCUT2D eigenvalue weighted by Crippen LogP contribution is -2.67. The first kappa shape index (κ1) is 20.0. The van der Waals surface area contributed by atoms with E-state index in [-0.39, 0.29) is 29.2 Å². The largest absolute Gasteiger partial charge is 0.335 e. The molecule has 2 saturated heterocycles. The Hall–Kier alpha value is -2.28. The number of carbonyl (C=O) groups is 2. The van der Waals surface area contributed by atoms with E-state index in [0.29, 0.717) is 17.1 Å². The van der Waals surface area contributed by atoms with E-state index in [1.54, 1.807) is 19.1 Å². The summed E-state index contributed by atoms with van der Waals surface area (Å²) in [5.74, 6) is -0.216. The first-order valence-corrected chi connectivity index (χ1v) is 11.0. The zero-order chi connectivity index (χ0) is 20.8. The number of rotatable bonds is 2. The van der Waals surface area contributed by atoms with Gasteiger partial charge >= 0.3 is 0 Å². The molecule has 0 aliphatic carbocycles. The van der Waals surface area contributed by atoms with Gasteiger partial charge < -0.3 is 9.80 Å². The molecule has 2 fully saturated rings. The number of aryl methyl sites for hydroxylation is 1. The SMILES string of the molecule is CC(=O)N1CCC[C@H]2N(C(=O)c3sc(-c4ccc(F)cc4)nc3C)CCC[C@@]21C. The fraction of sp³-hybridized carbons (Fsp3) is 0.500. The van der Waals surface area contributed by atoms with Gasteiger partial charge in [0.1, 0.15) is 15.7 Å². The Labute approximate surface area is 174 Å². The number of halogens is 1. The number of benzene rings is 1. The Morgan fingerprint density at radius 1 is 1.21 bits per heavy atom. The summed E-state index contributed by atoms with van der Waals surface area (Å²) in [4.78, 5) is 34.9. The van der Waals surface area contributed by atoms with Crippen molar-refractivity contribution in [1.29, 1.82) is 0 Å².